The number of hydrogen-bond donors (Lipinski definition) is 2. The maximum Gasteiger partial charge on any atom is 0.303 e. The fraction of sp³-hybridized carbons (Fsp3) is 0.929. The number of hydrogen-bond acceptors (Lipinski definition) is 2. The number of carboxylic acid groups (broad SMARTS) is 1. The highest BCUT2D eigenvalue weighted by molar-refractivity contribution is 5.66. The van der Waals surface area contributed by atoms with E-state index in [1.807, 2.05) is 0 Å². The Labute approximate surface area is 112 Å². The molecule has 0 aromatic heterocycles. The van der Waals surface area contributed by atoms with Crippen molar-refractivity contribution in [1.82, 2.24) is 0 Å². The van der Waals surface area contributed by atoms with Crippen molar-refractivity contribution in [1.29, 1.82) is 0 Å². The van der Waals surface area contributed by atoms with Gasteiger partial charge in [0.25, 0.3) is 0 Å². The molecule has 0 spiro atoms. The predicted octanol–water partition coefficient (Wildman–Crippen LogP) is 2.62. The molecular formula is C14H31NO3. The van der Waals surface area contributed by atoms with Gasteiger partial charge in [0.15, 0.2) is 0 Å². The van der Waals surface area contributed by atoms with Crippen LogP contribution < -0.4 is 5.06 Å². The second kappa shape index (κ2) is 16.4. The molecule has 0 heterocycles. The molecule has 0 aliphatic rings. The number of aliphatic carboxylic acids is 1. The van der Waals surface area contributed by atoms with E-state index in [2.05, 4.69) is 6.92 Å². The van der Waals surface area contributed by atoms with Crippen LogP contribution in [0.1, 0.15) is 71.1 Å². The number of nitrogens with one attached hydrogen (secondary N) is 1. The first-order valence-corrected chi connectivity index (χ1v) is 7.19. The second-order valence-corrected chi connectivity index (χ2v) is 4.88. The van der Waals surface area contributed by atoms with Crippen molar-refractivity contribution < 1.29 is 15.0 Å². The molecule has 0 radical (unpaired) electrons. The molecule has 0 aromatic carbocycles. The smallest absolute Gasteiger partial charge is 0.303 e. The molecule has 0 aliphatic carbocycles. The van der Waals surface area contributed by atoms with Gasteiger partial charge in [0.2, 0.25) is 0 Å². The molecule has 0 aromatic rings. The monoisotopic (exact) mass is 261 g/mol. The van der Waals surface area contributed by atoms with Crippen molar-refractivity contribution in [3.63, 3.8) is 0 Å². The van der Waals surface area contributed by atoms with Crippen LogP contribution in [0.2, 0.25) is 0 Å². The summed E-state index contributed by atoms with van der Waals surface area (Å²) in [5.41, 5.74) is 0. The number of unbranched alkanes of at least 4 members (excludes halogenated alkanes) is 8. The summed E-state index contributed by atoms with van der Waals surface area (Å²) in [5.74, 6) is -0.659. The Bertz CT molecular complexity index is 170. The molecule has 0 atom stereocenters. The van der Waals surface area contributed by atoms with Crippen LogP contribution in [0.5, 0.6) is 0 Å². The van der Waals surface area contributed by atoms with Gasteiger partial charge in [-0.2, -0.15) is 0 Å². The topological polar surface area (TPSA) is 64.8 Å². The molecular weight excluding hydrogens is 230 g/mol. The molecule has 2 N–H and O–H groups in total. The van der Waals surface area contributed by atoms with Gasteiger partial charge in [-0.3, -0.25) is 4.79 Å². The lowest BCUT2D eigenvalue weighted by molar-refractivity contribution is -0.802. The fourth-order valence-electron chi connectivity index (χ4n) is 1.59. The van der Waals surface area contributed by atoms with E-state index < -0.39 is 5.97 Å². The molecule has 0 saturated carbocycles. The van der Waals surface area contributed by atoms with Crippen LogP contribution in [-0.4, -0.2) is 25.2 Å². The lowest BCUT2D eigenvalue weighted by atomic mass is 10.1. The number of quaternary nitrogens is 1. The Hall–Kier alpha value is -0.610. The summed E-state index contributed by atoms with van der Waals surface area (Å²) >= 11 is 0. The van der Waals surface area contributed by atoms with Gasteiger partial charge in [-0.1, -0.05) is 58.3 Å². The number of carboxylic acids is 1. The Kier molecular flexibility index (Phi) is 18.0. The summed E-state index contributed by atoms with van der Waals surface area (Å²) in [4.78, 5) is 10.2. The van der Waals surface area contributed by atoms with E-state index in [-0.39, 0.29) is 5.06 Å². The van der Waals surface area contributed by atoms with Crippen LogP contribution in [0.3, 0.4) is 0 Å². The van der Waals surface area contributed by atoms with Gasteiger partial charge in [0.05, 0.1) is 14.1 Å². The zero-order chi connectivity index (χ0) is 14.2. The number of hydroxylamine groups is 2. The molecule has 0 fully saturated rings. The van der Waals surface area contributed by atoms with Crippen molar-refractivity contribution in [2.24, 2.45) is 0 Å². The van der Waals surface area contributed by atoms with Gasteiger partial charge in [0, 0.05) is 6.42 Å². The first-order valence-electron chi connectivity index (χ1n) is 7.19. The van der Waals surface area contributed by atoms with Gasteiger partial charge < -0.3 is 15.4 Å². The summed E-state index contributed by atoms with van der Waals surface area (Å²) in [6.45, 7) is 2.23. The molecule has 0 aliphatic heterocycles. The Morgan fingerprint density at radius 2 is 1.28 bits per heavy atom. The number of rotatable bonds is 10. The van der Waals surface area contributed by atoms with Crippen molar-refractivity contribution in [2.75, 3.05) is 14.1 Å². The lowest BCUT2D eigenvalue weighted by Crippen LogP contribution is -3.00. The maximum absolute atomic E-state index is 10.2. The zero-order valence-corrected chi connectivity index (χ0v) is 12.3. The van der Waals surface area contributed by atoms with Crippen LogP contribution in [0.4, 0.5) is 0 Å². The average Bonchev–Trinajstić information content (AvgIpc) is 2.26. The maximum atomic E-state index is 10.2. The third-order valence-electron chi connectivity index (χ3n) is 2.49. The molecule has 4 nitrogen and oxygen atoms in total. The van der Waals surface area contributed by atoms with E-state index in [1.54, 1.807) is 0 Å². The minimum absolute atomic E-state index is 0.167. The van der Waals surface area contributed by atoms with Crippen molar-refractivity contribution in [2.45, 2.75) is 71.1 Å². The van der Waals surface area contributed by atoms with Gasteiger partial charge in [-0.15, -0.1) is 0 Å². The highest BCUT2D eigenvalue weighted by Gasteiger charge is 1.96. The first-order chi connectivity index (χ1) is 8.50. The predicted molar refractivity (Wildman–Crippen MR) is 75.7 cm³/mol. The summed E-state index contributed by atoms with van der Waals surface area (Å²) in [6.07, 6.45) is 11.5. The van der Waals surface area contributed by atoms with E-state index in [0.29, 0.717) is 6.42 Å². The molecule has 4 heteroatoms. The van der Waals surface area contributed by atoms with Gasteiger partial charge in [-0.05, 0) is 6.42 Å². The Morgan fingerprint density at radius 1 is 0.944 bits per heavy atom. The standard InChI is InChI=1S/C12H24O2.C2H7NO/c1-2-3-4-5-6-7-8-9-10-11-12(13)14;1-3(2)4/h2-11H2,1H3,(H,13,14);3H,1-2H3. The van der Waals surface area contributed by atoms with Crippen LogP contribution >= 0.6 is 0 Å². The minimum Gasteiger partial charge on any atom is -0.635 e. The van der Waals surface area contributed by atoms with Crippen molar-refractivity contribution in [3.8, 4) is 0 Å². The van der Waals surface area contributed by atoms with E-state index in [9.17, 15) is 10.0 Å². The Morgan fingerprint density at radius 3 is 1.61 bits per heavy atom. The Balaban J connectivity index is 0. The molecule has 0 unspecified atom stereocenters. The van der Waals surface area contributed by atoms with Crippen LogP contribution in [0.15, 0.2) is 0 Å². The lowest BCUT2D eigenvalue weighted by Gasteiger charge is -2.04. The SMILES string of the molecule is CCCCCCCCCCCC(=O)O.C[NH+](C)[O-]. The first kappa shape index (κ1) is 19.7. The van der Waals surface area contributed by atoms with E-state index in [0.717, 1.165) is 12.8 Å². The molecule has 0 saturated heterocycles. The average molecular weight is 261 g/mol. The van der Waals surface area contributed by atoms with Gasteiger partial charge in [0.1, 0.15) is 0 Å². The van der Waals surface area contributed by atoms with Gasteiger partial charge >= 0.3 is 5.97 Å². The third kappa shape index (κ3) is 29.5. The van der Waals surface area contributed by atoms with E-state index >= 15 is 0 Å². The van der Waals surface area contributed by atoms with Gasteiger partial charge in [-0.25, -0.2) is 0 Å². The van der Waals surface area contributed by atoms with Crippen LogP contribution in [0, 0.1) is 5.21 Å². The molecule has 18 heavy (non-hydrogen) atoms. The van der Waals surface area contributed by atoms with E-state index in [4.69, 9.17) is 5.11 Å². The highest BCUT2D eigenvalue weighted by Crippen LogP contribution is 2.10. The number of carbonyl (C=O) groups is 1. The largest absolute Gasteiger partial charge is 0.635 e. The summed E-state index contributed by atoms with van der Waals surface area (Å²) in [7, 11) is 3.06. The molecule has 0 amide bonds. The fourth-order valence-corrected chi connectivity index (χ4v) is 1.59. The summed E-state index contributed by atoms with van der Waals surface area (Å²) in [5, 5.41) is 18.0. The minimum atomic E-state index is -0.659. The normalized spacial score (nSPS) is 10.1. The van der Waals surface area contributed by atoms with Crippen LogP contribution in [-0.2, 0) is 4.79 Å². The molecule has 110 valence electrons. The van der Waals surface area contributed by atoms with Crippen LogP contribution in [0.25, 0.3) is 0 Å². The third-order valence-corrected chi connectivity index (χ3v) is 2.49. The zero-order valence-electron chi connectivity index (χ0n) is 12.3. The molecule has 0 bridgehead atoms. The second-order valence-electron chi connectivity index (χ2n) is 4.88. The highest BCUT2D eigenvalue weighted by atomic mass is 16.5. The summed E-state index contributed by atoms with van der Waals surface area (Å²) in [6, 6.07) is 0. The van der Waals surface area contributed by atoms with Crippen molar-refractivity contribution >= 4 is 5.97 Å². The van der Waals surface area contributed by atoms with E-state index in [1.165, 1.54) is 59.0 Å². The van der Waals surface area contributed by atoms with Crippen molar-refractivity contribution in [3.05, 3.63) is 5.21 Å². The quantitative estimate of drug-likeness (QED) is 0.469. The molecule has 0 rings (SSSR count). The summed E-state index contributed by atoms with van der Waals surface area (Å²) < 4.78 is 0.